The van der Waals surface area contributed by atoms with Crippen molar-refractivity contribution in [3.8, 4) is 0 Å². The van der Waals surface area contributed by atoms with E-state index in [1.165, 1.54) is 0 Å². The molecule has 2 N–H and O–H groups in total. The van der Waals surface area contributed by atoms with Gasteiger partial charge in [-0.2, -0.15) is 0 Å². The highest BCUT2D eigenvalue weighted by atomic mass is 16.5. The van der Waals surface area contributed by atoms with E-state index in [-0.39, 0.29) is 12.2 Å². The summed E-state index contributed by atoms with van der Waals surface area (Å²) in [4.78, 5) is 4.72. The van der Waals surface area contributed by atoms with Crippen LogP contribution in [0.2, 0.25) is 0 Å². The van der Waals surface area contributed by atoms with E-state index >= 15 is 0 Å². The fourth-order valence-corrected chi connectivity index (χ4v) is 2.72. The van der Waals surface area contributed by atoms with Crippen molar-refractivity contribution in [2.75, 3.05) is 5.73 Å². The van der Waals surface area contributed by atoms with E-state index in [2.05, 4.69) is 18.2 Å². The summed E-state index contributed by atoms with van der Waals surface area (Å²) in [5.41, 5.74) is 11.1. The van der Waals surface area contributed by atoms with Crippen LogP contribution in [0.15, 0.2) is 12.3 Å². The number of pyridine rings is 1. The summed E-state index contributed by atoms with van der Waals surface area (Å²) in [5, 5.41) is 0. The van der Waals surface area contributed by atoms with Gasteiger partial charge in [0, 0.05) is 18.3 Å². The van der Waals surface area contributed by atoms with Gasteiger partial charge in [-0.15, -0.1) is 0 Å². The van der Waals surface area contributed by atoms with E-state index in [4.69, 9.17) is 15.5 Å². The Bertz CT molecular complexity index is 588. The monoisotopic (exact) mass is 231 g/mol. The van der Waals surface area contributed by atoms with Crippen LogP contribution in [0.1, 0.15) is 36.9 Å². The topological polar surface area (TPSA) is 52.5 Å². The van der Waals surface area contributed by atoms with Crippen molar-refractivity contribution in [3.63, 3.8) is 0 Å². The third-order valence-corrected chi connectivity index (χ3v) is 3.34. The second-order valence-electron chi connectivity index (χ2n) is 4.89. The minimum atomic E-state index is 0.0740. The molecule has 90 valence electrons. The van der Waals surface area contributed by atoms with Crippen LogP contribution in [0.25, 0.3) is 5.65 Å². The third kappa shape index (κ3) is 1.52. The number of rotatable bonds is 0. The molecule has 2 aromatic heterocycles. The highest BCUT2D eigenvalue weighted by molar-refractivity contribution is 5.57. The Kier molecular flexibility index (Phi) is 2.16. The summed E-state index contributed by atoms with van der Waals surface area (Å²) in [6, 6.07) is 1.96. The molecule has 0 aromatic carbocycles. The van der Waals surface area contributed by atoms with Crippen LogP contribution in [-0.2, 0) is 11.2 Å². The number of aryl methyl sites for hydroxylation is 1. The lowest BCUT2D eigenvalue weighted by Gasteiger charge is -2.25. The second-order valence-corrected chi connectivity index (χ2v) is 4.89. The molecule has 0 bridgehead atoms. The summed E-state index contributed by atoms with van der Waals surface area (Å²) in [7, 11) is 0. The number of hydrogen-bond donors (Lipinski definition) is 1. The lowest BCUT2D eigenvalue weighted by Crippen LogP contribution is -2.22. The number of hydrogen-bond acceptors (Lipinski definition) is 3. The normalized spacial score (nSPS) is 23.9. The van der Waals surface area contributed by atoms with Crippen molar-refractivity contribution in [2.24, 2.45) is 0 Å². The van der Waals surface area contributed by atoms with E-state index in [9.17, 15) is 0 Å². The van der Waals surface area contributed by atoms with Crippen molar-refractivity contribution in [1.29, 1.82) is 0 Å². The van der Waals surface area contributed by atoms with Gasteiger partial charge in [0.05, 0.1) is 23.6 Å². The lowest BCUT2D eigenvalue weighted by molar-refractivity contribution is -0.00832. The molecule has 2 aromatic rings. The van der Waals surface area contributed by atoms with E-state index in [1.807, 2.05) is 19.2 Å². The number of imidazole rings is 1. The van der Waals surface area contributed by atoms with Crippen LogP contribution in [0.4, 0.5) is 5.69 Å². The van der Waals surface area contributed by atoms with Gasteiger partial charge in [0.15, 0.2) is 0 Å². The number of fused-ring (bicyclic) bond motifs is 3. The molecule has 4 nitrogen and oxygen atoms in total. The SMILES string of the molecule is Cc1cc(N)cn2c3c(nc12)CC(C)OC3C. The smallest absolute Gasteiger partial charge is 0.140 e. The number of nitrogens with two attached hydrogens (primary N) is 1. The molecule has 0 saturated heterocycles. The van der Waals surface area contributed by atoms with Crippen LogP contribution in [-0.4, -0.2) is 15.5 Å². The second kappa shape index (κ2) is 3.47. The first-order valence-electron chi connectivity index (χ1n) is 5.98. The first-order valence-corrected chi connectivity index (χ1v) is 5.98. The molecular formula is C13H17N3O. The lowest BCUT2D eigenvalue weighted by atomic mass is 10.1. The van der Waals surface area contributed by atoms with Gasteiger partial charge in [0.25, 0.3) is 0 Å². The molecule has 0 aliphatic carbocycles. The van der Waals surface area contributed by atoms with Crippen LogP contribution in [0.3, 0.4) is 0 Å². The average Bonchev–Trinajstić information content (AvgIpc) is 2.56. The Morgan fingerprint density at radius 2 is 2.24 bits per heavy atom. The maximum atomic E-state index is 5.90. The first kappa shape index (κ1) is 10.6. The van der Waals surface area contributed by atoms with Crippen LogP contribution < -0.4 is 5.73 Å². The number of nitrogens with zero attached hydrogens (tertiary/aromatic N) is 2. The van der Waals surface area contributed by atoms with Crippen molar-refractivity contribution in [1.82, 2.24) is 9.38 Å². The van der Waals surface area contributed by atoms with Crippen molar-refractivity contribution < 1.29 is 4.74 Å². The largest absolute Gasteiger partial charge is 0.398 e. The molecule has 2 atom stereocenters. The molecule has 0 spiro atoms. The first-order chi connectivity index (χ1) is 8.06. The van der Waals surface area contributed by atoms with Gasteiger partial charge >= 0.3 is 0 Å². The van der Waals surface area contributed by atoms with Gasteiger partial charge in [0.1, 0.15) is 5.65 Å². The molecule has 0 radical (unpaired) electrons. The fraction of sp³-hybridized carbons (Fsp3) is 0.462. The summed E-state index contributed by atoms with van der Waals surface area (Å²) in [5.74, 6) is 0. The van der Waals surface area contributed by atoms with Gasteiger partial charge in [0.2, 0.25) is 0 Å². The zero-order chi connectivity index (χ0) is 12.2. The fourth-order valence-electron chi connectivity index (χ4n) is 2.72. The Hall–Kier alpha value is -1.55. The summed E-state index contributed by atoms with van der Waals surface area (Å²) in [6.45, 7) is 6.20. The highest BCUT2D eigenvalue weighted by Gasteiger charge is 2.27. The number of anilines is 1. The molecule has 1 aliphatic heterocycles. The molecule has 2 unspecified atom stereocenters. The summed E-state index contributed by atoms with van der Waals surface area (Å²) >= 11 is 0. The van der Waals surface area contributed by atoms with Crippen molar-refractivity contribution in [3.05, 3.63) is 29.2 Å². The number of ether oxygens (including phenoxy) is 1. The standard InChI is InChI=1S/C13H17N3O/c1-7-4-10(14)6-16-12-9(3)17-8(2)5-11(12)15-13(7)16/h4,6,8-9H,5,14H2,1-3H3. The summed E-state index contributed by atoms with van der Waals surface area (Å²) in [6.07, 6.45) is 3.12. The minimum Gasteiger partial charge on any atom is -0.398 e. The Balaban J connectivity index is 2.32. The minimum absolute atomic E-state index is 0.0740. The Labute approximate surface area is 100 Å². The predicted octanol–water partition coefficient (Wildman–Crippen LogP) is 2.25. The zero-order valence-electron chi connectivity index (χ0n) is 10.4. The van der Waals surface area contributed by atoms with Gasteiger partial charge < -0.3 is 10.5 Å². The maximum absolute atomic E-state index is 5.90. The molecule has 0 fully saturated rings. The molecule has 1 aliphatic rings. The van der Waals surface area contributed by atoms with E-state index in [1.54, 1.807) is 0 Å². The molecule has 0 amide bonds. The molecule has 4 heteroatoms. The van der Waals surface area contributed by atoms with Crippen molar-refractivity contribution >= 4 is 11.3 Å². The number of aromatic nitrogens is 2. The average molecular weight is 231 g/mol. The Morgan fingerprint density at radius 1 is 1.47 bits per heavy atom. The molecule has 3 rings (SSSR count). The van der Waals surface area contributed by atoms with Gasteiger partial charge in [-0.3, -0.25) is 4.40 Å². The van der Waals surface area contributed by atoms with Crippen molar-refractivity contribution in [2.45, 2.75) is 39.4 Å². The third-order valence-electron chi connectivity index (χ3n) is 3.34. The molecule has 17 heavy (non-hydrogen) atoms. The van der Waals surface area contributed by atoms with Crippen LogP contribution >= 0.6 is 0 Å². The summed E-state index contributed by atoms with van der Waals surface area (Å²) < 4.78 is 7.94. The van der Waals surface area contributed by atoms with E-state index in [0.29, 0.717) is 0 Å². The highest BCUT2D eigenvalue weighted by Crippen LogP contribution is 2.31. The molecule has 0 saturated carbocycles. The maximum Gasteiger partial charge on any atom is 0.140 e. The predicted molar refractivity (Wildman–Crippen MR) is 67.0 cm³/mol. The van der Waals surface area contributed by atoms with Crippen LogP contribution in [0.5, 0.6) is 0 Å². The van der Waals surface area contributed by atoms with Gasteiger partial charge in [-0.05, 0) is 32.4 Å². The van der Waals surface area contributed by atoms with E-state index in [0.717, 1.165) is 34.7 Å². The van der Waals surface area contributed by atoms with E-state index < -0.39 is 0 Å². The molecule has 3 heterocycles. The molecular weight excluding hydrogens is 214 g/mol. The van der Waals surface area contributed by atoms with Gasteiger partial charge in [-0.25, -0.2) is 4.98 Å². The van der Waals surface area contributed by atoms with Gasteiger partial charge in [-0.1, -0.05) is 0 Å². The Morgan fingerprint density at radius 3 is 3.00 bits per heavy atom. The number of nitrogen functional groups attached to an aromatic ring is 1. The zero-order valence-corrected chi connectivity index (χ0v) is 10.4. The van der Waals surface area contributed by atoms with Crippen LogP contribution in [0, 0.1) is 6.92 Å². The quantitative estimate of drug-likeness (QED) is 0.756.